The van der Waals surface area contributed by atoms with Gasteiger partial charge in [-0.15, -0.1) is 0 Å². The zero-order chi connectivity index (χ0) is 14.2. The molecule has 0 aromatic heterocycles. The number of rotatable bonds is 5. The van der Waals surface area contributed by atoms with Crippen LogP contribution < -0.4 is 10.6 Å². The zero-order valence-corrected chi connectivity index (χ0v) is 12.3. The van der Waals surface area contributed by atoms with Crippen LogP contribution in [0.1, 0.15) is 57.8 Å². The Labute approximate surface area is 121 Å². The van der Waals surface area contributed by atoms with Crippen molar-refractivity contribution in [3.8, 4) is 0 Å². The maximum absolute atomic E-state index is 11.8. The first-order chi connectivity index (χ1) is 9.75. The van der Waals surface area contributed by atoms with Gasteiger partial charge in [0.2, 0.25) is 5.91 Å². The number of nitrogens with one attached hydrogen (secondary N) is 2. The highest BCUT2D eigenvalue weighted by Crippen LogP contribution is 2.17. The fourth-order valence-corrected chi connectivity index (χ4v) is 3.05. The van der Waals surface area contributed by atoms with Crippen LogP contribution in [0.4, 0.5) is 4.79 Å². The van der Waals surface area contributed by atoms with Crippen molar-refractivity contribution in [1.29, 1.82) is 0 Å². The summed E-state index contributed by atoms with van der Waals surface area (Å²) in [5.74, 6) is 0.233. The molecule has 0 radical (unpaired) electrons. The van der Waals surface area contributed by atoms with E-state index in [1.54, 1.807) is 0 Å². The molecule has 1 aliphatic carbocycles. The fraction of sp³-hybridized carbons (Fsp3) is 0.867. The zero-order valence-electron chi connectivity index (χ0n) is 12.3. The molecule has 0 spiro atoms. The second-order valence-corrected chi connectivity index (χ2v) is 5.93. The first-order valence-electron chi connectivity index (χ1n) is 8.08. The number of carbonyl (C=O) groups excluding carboxylic acids is 2. The van der Waals surface area contributed by atoms with Crippen molar-refractivity contribution >= 4 is 11.9 Å². The SMILES string of the molecule is O=C(NCCCC(=O)N1CCCC1)NC1CCCCC1. The van der Waals surface area contributed by atoms with Crippen molar-refractivity contribution in [2.75, 3.05) is 19.6 Å². The smallest absolute Gasteiger partial charge is 0.315 e. The van der Waals surface area contributed by atoms with E-state index in [0.29, 0.717) is 19.0 Å². The second kappa shape index (κ2) is 8.12. The number of carbonyl (C=O) groups is 2. The molecule has 1 heterocycles. The lowest BCUT2D eigenvalue weighted by Crippen LogP contribution is -2.43. The molecule has 0 unspecified atom stereocenters. The first kappa shape index (κ1) is 15.1. The van der Waals surface area contributed by atoms with Crippen LogP contribution in [0, 0.1) is 0 Å². The molecule has 5 heteroatoms. The molecule has 2 N–H and O–H groups in total. The molecule has 1 saturated carbocycles. The molecule has 3 amide bonds. The lowest BCUT2D eigenvalue weighted by molar-refractivity contribution is -0.130. The Hall–Kier alpha value is -1.26. The average Bonchev–Trinajstić information content (AvgIpc) is 2.99. The summed E-state index contributed by atoms with van der Waals surface area (Å²) >= 11 is 0. The van der Waals surface area contributed by atoms with Gasteiger partial charge in [0.1, 0.15) is 0 Å². The quantitative estimate of drug-likeness (QED) is 0.757. The van der Waals surface area contributed by atoms with E-state index in [2.05, 4.69) is 10.6 Å². The molecule has 0 aromatic rings. The van der Waals surface area contributed by atoms with Crippen LogP contribution in [-0.2, 0) is 4.79 Å². The van der Waals surface area contributed by atoms with Gasteiger partial charge in [0.25, 0.3) is 0 Å². The van der Waals surface area contributed by atoms with E-state index in [-0.39, 0.29) is 11.9 Å². The summed E-state index contributed by atoms with van der Waals surface area (Å²) in [6.07, 6.45) is 9.46. The van der Waals surface area contributed by atoms with E-state index in [9.17, 15) is 9.59 Å². The van der Waals surface area contributed by atoms with Crippen LogP contribution in [0.25, 0.3) is 0 Å². The van der Waals surface area contributed by atoms with Gasteiger partial charge >= 0.3 is 6.03 Å². The van der Waals surface area contributed by atoms with Crippen molar-refractivity contribution in [3.05, 3.63) is 0 Å². The molecule has 1 aliphatic heterocycles. The predicted molar refractivity (Wildman–Crippen MR) is 78.5 cm³/mol. The minimum absolute atomic E-state index is 0.0782. The van der Waals surface area contributed by atoms with E-state index in [1.807, 2.05) is 4.90 Å². The number of amides is 3. The molecular formula is C15H27N3O2. The number of nitrogens with zero attached hydrogens (tertiary/aromatic N) is 1. The second-order valence-electron chi connectivity index (χ2n) is 5.93. The van der Waals surface area contributed by atoms with Gasteiger partial charge in [-0.2, -0.15) is 0 Å². The van der Waals surface area contributed by atoms with Gasteiger partial charge in [-0.1, -0.05) is 19.3 Å². The highest BCUT2D eigenvalue weighted by Gasteiger charge is 2.17. The molecule has 0 atom stereocenters. The maximum atomic E-state index is 11.8. The Morgan fingerprint density at radius 2 is 1.70 bits per heavy atom. The number of likely N-dealkylation sites (tertiary alicyclic amines) is 1. The maximum Gasteiger partial charge on any atom is 0.315 e. The van der Waals surface area contributed by atoms with Gasteiger partial charge in [-0.25, -0.2) is 4.79 Å². The van der Waals surface area contributed by atoms with Crippen LogP contribution in [0.3, 0.4) is 0 Å². The molecule has 20 heavy (non-hydrogen) atoms. The van der Waals surface area contributed by atoms with Crippen LogP contribution in [0.2, 0.25) is 0 Å². The van der Waals surface area contributed by atoms with Crippen molar-refractivity contribution in [2.24, 2.45) is 0 Å². The molecule has 114 valence electrons. The van der Waals surface area contributed by atoms with Crippen LogP contribution >= 0.6 is 0 Å². The molecular weight excluding hydrogens is 254 g/mol. The summed E-state index contributed by atoms with van der Waals surface area (Å²) in [7, 11) is 0. The van der Waals surface area contributed by atoms with Crippen molar-refractivity contribution in [2.45, 2.75) is 63.8 Å². The summed E-state index contributed by atoms with van der Waals surface area (Å²) in [4.78, 5) is 25.4. The number of hydrogen-bond donors (Lipinski definition) is 2. The van der Waals surface area contributed by atoms with Gasteiger partial charge in [0.05, 0.1) is 0 Å². The monoisotopic (exact) mass is 281 g/mol. The van der Waals surface area contributed by atoms with Crippen LogP contribution in [0.5, 0.6) is 0 Å². The minimum Gasteiger partial charge on any atom is -0.343 e. The molecule has 0 bridgehead atoms. The highest BCUT2D eigenvalue weighted by molar-refractivity contribution is 5.76. The Kier molecular flexibility index (Phi) is 6.15. The third-order valence-corrected chi connectivity index (χ3v) is 4.25. The van der Waals surface area contributed by atoms with E-state index in [1.165, 1.54) is 19.3 Å². The normalized spacial score (nSPS) is 19.9. The third-order valence-electron chi connectivity index (χ3n) is 4.25. The molecule has 5 nitrogen and oxygen atoms in total. The molecule has 2 fully saturated rings. The standard InChI is InChI=1S/C15H27N3O2/c19-14(18-11-4-5-12-18)9-6-10-16-15(20)17-13-7-2-1-3-8-13/h13H,1-12H2,(H2,16,17,20). The first-order valence-corrected chi connectivity index (χ1v) is 8.08. The van der Waals surface area contributed by atoms with Gasteiger partial charge in [-0.3, -0.25) is 4.79 Å². The van der Waals surface area contributed by atoms with Crippen molar-refractivity contribution in [3.63, 3.8) is 0 Å². The van der Waals surface area contributed by atoms with Gasteiger partial charge in [0.15, 0.2) is 0 Å². The highest BCUT2D eigenvalue weighted by atomic mass is 16.2. The summed E-state index contributed by atoms with van der Waals surface area (Å²) in [5.41, 5.74) is 0. The Bertz CT molecular complexity index is 321. The van der Waals surface area contributed by atoms with E-state index in [4.69, 9.17) is 0 Å². The molecule has 2 aliphatic rings. The van der Waals surface area contributed by atoms with Gasteiger partial charge < -0.3 is 15.5 Å². The van der Waals surface area contributed by atoms with E-state index >= 15 is 0 Å². The van der Waals surface area contributed by atoms with E-state index in [0.717, 1.165) is 45.2 Å². The van der Waals surface area contributed by atoms with Crippen LogP contribution in [0.15, 0.2) is 0 Å². The van der Waals surface area contributed by atoms with Gasteiger partial charge in [-0.05, 0) is 32.1 Å². The molecule has 0 aromatic carbocycles. The fourth-order valence-electron chi connectivity index (χ4n) is 3.05. The van der Waals surface area contributed by atoms with E-state index < -0.39 is 0 Å². The average molecular weight is 281 g/mol. The lowest BCUT2D eigenvalue weighted by atomic mass is 9.96. The largest absolute Gasteiger partial charge is 0.343 e. The third kappa shape index (κ3) is 5.02. The van der Waals surface area contributed by atoms with Crippen LogP contribution in [-0.4, -0.2) is 42.5 Å². The predicted octanol–water partition coefficient (Wildman–Crippen LogP) is 2.02. The number of hydrogen-bond acceptors (Lipinski definition) is 2. The number of urea groups is 1. The lowest BCUT2D eigenvalue weighted by Gasteiger charge is -2.22. The van der Waals surface area contributed by atoms with Crippen molar-refractivity contribution < 1.29 is 9.59 Å². The minimum atomic E-state index is -0.0782. The summed E-state index contributed by atoms with van der Waals surface area (Å²) < 4.78 is 0. The summed E-state index contributed by atoms with van der Waals surface area (Å²) in [6, 6.07) is 0.264. The Morgan fingerprint density at radius 3 is 2.40 bits per heavy atom. The Morgan fingerprint density at radius 1 is 1.00 bits per heavy atom. The summed E-state index contributed by atoms with van der Waals surface area (Å²) in [5, 5.41) is 5.87. The molecule has 1 saturated heterocycles. The summed E-state index contributed by atoms with van der Waals surface area (Å²) in [6.45, 7) is 2.40. The van der Waals surface area contributed by atoms with Crippen molar-refractivity contribution in [1.82, 2.24) is 15.5 Å². The topological polar surface area (TPSA) is 61.4 Å². The van der Waals surface area contributed by atoms with Gasteiger partial charge in [0, 0.05) is 32.1 Å². The molecule has 2 rings (SSSR count). The Balaban J connectivity index is 1.51.